The molecular formula is C11H18F3N3O. The molecule has 18 heavy (non-hydrogen) atoms. The summed E-state index contributed by atoms with van der Waals surface area (Å²) >= 11 is 0. The average molecular weight is 265 g/mol. The van der Waals surface area contributed by atoms with Crippen molar-refractivity contribution in [2.75, 3.05) is 18.0 Å². The smallest absolute Gasteiger partial charge is 0.406 e. The Balaban J connectivity index is 2.76. The topological polar surface area (TPSA) is 41.3 Å². The van der Waals surface area contributed by atoms with E-state index in [1.165, 1.54) is 6.26 Å². The van der Waals surface area contributed by atoms with Crippen LogP contribution in [0.4, 0.5) is 19.2 Å². The Hall–Kier alpha value is -1.24. The number of hydrogen-bond donors (Lipinski definition) is 1. The van der Waals surface area contributed by atoms with E-state index < -0.39 is 12.7 Å². The van der Waals surface area contributed by atoms with E-state index in [4.69, 9.17) is 4.42 Å². The summed E-state index contributed by atoms with van der Waals surface area (Å²) in [7, 11) is 0. The number of alkyl halides is 3. The van der Waals surface area contributed by atoms with E-state index in [1.54, 1.807) is 13.8 Å². The Bertz CT molecular complexity index is 363. The lowest BCUT2D eigenvalue weighted by atomic mass is 10.3. The van der Waals surface area contributed by atoms with Crippen LogP contribution in [-0.4, -0.2) is 30.3 Å². The van der Waals surface area contributed by atoms with E-state index in [0.29, 0.717) is 12.2 Å². The molecule has 0 aliphatic carbocycles. The summed E-state index contributed by atoms with van der Waals surface area (Å²) < 4.78 is 42.4. The zero-order valence-corrected chi connectivity index (χ0v) is 10.7. The van der Waals surface area contributed by atoms with Crippen LogP contribution in [0.1, 0.15) is 26.5 Å². The van der Waals surface area contributed by atoms with Crippen LogP contribution in [0.15, 0.2) is 10.7 Å². The molecule has 0 radical (unpaired) electrons. The van der Waals surface area contributed by atoms with Crippen molar-refractivity contribution < 1.29 is 17.6 Å². The fraction of sp³-hybridized carbons (Fsp3) is 0.727. The number of oxazole rings is 1. The predicted octanol–water partition coefficient (Wildman–Crippen LogP) is 2.56. The summed E-state index contributed by atoms with van der Waals surface area (Å²) in [5, 5.41) is 3.03. The quantitative estimate of drug-likeness (QED) is 0.858. The molecule has 1 rings (SSSR count). The zero-order chi connectivity index (χ0) is 13.8. The summed E-state index contributed by atoms with van der Waals surface area (Å²) in [5.74, 6) is 0. The average Bonchev–Trinajstić information content (AvgIpc) is 2.70. The van der Waals surface area contributed by atoms with Crippen LogP contribution >= 0.6 is 0 Å². The summed E-state index contributed by atoms with van der Waals surface area (Å²) in [6.45, 7) is 5.45. The Morgan fingerprint density at radius 2 is 2.11 bits per heavy atom. The summed E-state index contributed by atoms with van der Waals surface area (Å²) in [4.78, 5) is 5.14. The minimum atomic E-state index is -4.28. The lowest BCUT2D eigenvalue weighted by molar-refractivity contribution is -0.121. The number of hydrogen-bond acceptors (Lipinski definition) is 4. The number of halogens is 3. The molecule has 1 heterocycles. The minimum absolute atomic E-state index is 0.00947. The Morgan fingerprint density at radius 3 is 2.61 bits per heavy atom. The highest BCUT2D eigenvalue weighted by Crippen LogP contribution is 2.23. The van der Waals surface area contributed by atoms with Gasteiger partial charge in [-0.05, 0) is 20.4 Å². The fourth-order valence-corrected chi connectivity index (χ4v) is 1.43. The van der Waals surface area contributed by atoms with Gasteiger partial charge in [-0.25, -0.2) is 0 Å². The highest BCUT2D eigenvalue weighted by molar-refractivity contribution is 5.28. The van der Waals surface area contributed by atoms with Gasteiger partial charge in [-0.3, -0.25) is 0 Å². The first-order valence-corrected chi connectivity index (χ1v) is 5.82. The summed E-state index contributed by atoms with van der Waals surface area (Å²) in [6, 6.07) is -0.326. The molecule has 0 spiro atoms. The maximum absolute atomic E-state index is 12.4. The van der Waals surface area contributed by atoms with E-state index in [0.717, 1.165) is 11.4 Å². The second-order valence-electron chi connectivity index (χ2n) is 4.24. The number of aromatic nitrogens is 1. The lowest BCUT2D eigenvalue weighted by Gasteiger charge is -2.25. The van der Waals surface area contributed by atoms with Gasteiger partial charge in [0.2, 0.25) is 0 Å². The Kier molecular flexibility index (Phi) is 5.01. The SMILES string of the molecule is CCNCc1coc(N(CC(F)(F)F)C(C)C)n1. The van der Waals surface area contributed by atoms with Crippen molar-refractivity contribution in [1.82, 2.24) is 10.3 Å². The molecule has 0 unspecified atom stereocenters. The Labute approximate surface area is 104 Å². The molecule has 0 saturated heterocycles. The van der Waals surface area contributed by atoms with Crippen LogP contribution < -0.4 is 10.2 Å². The van der Waals surface area contributed by atoms with Gasteiger partial charge in [0.25, 0.3) is 6.01 Å². The molecule has 0 aromatic carbocycles. The highest BCUT2D eigenvalue weighted by Gasteiger charge is 2.33. The van der Waals surface area contributed by atoms with Crippen molar-refractivity contribution >= 4 is 6.01 Å². The normalized spacial score (nSPS) is 12.2. The lowest BCUT2D eigenvalue weighted by Crippen LogP contribution is -2.39. The number of nitrogens with zero attached hydrogens (tertiary/aromatic N) is 2. The largest absolute Gasteiger partial charge is 0.432 e. The van der Waals surface area contributed by atoms with E-state index >= 15 is 0 Å². The van der Waals surface area contributed by atoms with Gasteiger partial charge in [0.05, 0.1) is 5.69 Å². The summed E-state index contributed by atoms with van der Waals surface area (Å²) in [6.07, 6.45) is -2.90. The van der Waals surface area contributed by atoms with Gasteiger partial charge in [0.1, 0.15) is 12.8 Å². The zero-order valence-electron chi connectivity index (χ0n) is 10.7. The third kappa shape index (κ3) is 4.56. The van der Waals surface area contributed by atoms with E-state index in [-0.39, 0.29) is 12.1 Å². The molecule has 7 heteroatoms. The molecule has 1 aromatic rings. The number of nitrogens with one attached hydrogen (secondary N) is 1. The molecule has 104 valence electrons. The van der Waals surface area contributed by atoms with Gasteiger partial charge >= 0.3 is 6.18 Å². The third-order valence-corrected chi connectivity index (χ3v) is 2.31. The molecule has 0 saturated carbocycles. The first-order chi connectivity index (χ1) is 8.33. The van der Waals surface area contributed by atoms with Crippen LogP contribution in [0.25, 0.3) is 0 Å². The minimum Gasteiger partial charge on any atom is -0.432 e. The van der Waals surface area contributed by atoms with Crippen molar-refractivity contribution in [3.8, 4) is 0 Å². The molecule has 0 amide bonds. The van der Waals surface area contributed by atoms with Gasteiger partial charge in [0, 0.05) is 12.6 Å². The fourth-order valence-electron chi connectivity index (χ4n) is 1.43. The molecule has 1 aromatic heterocycles. The molecule has 1 N–H and O–H groups in total. The van der Waals surface area contributed by atoms with E-state index in [1.807, 2.05) is 6.92 Å². The van der Waals surface area contributed by atoms with Gasteiger partial charge in [-0.1, -0.05) is 6.92 Å². The first-order valence-electron chi connectivity index (χ1n) is 5.82. The maximum atomic E-state index is 12.4. The van der Waals surface area contributed by atoms with E-state index in [9.17, 15) is 13.2 Å². The maximum Gasteiger partial charge on any atom is 0.406 e. The molecule has 0 bridgehead atoms. The van der Waals surface area contributed by atoms with Crippen LogP contribution in [0.3, 0.4) is 0 Å². The van der Waals surface area contributed by atoms with Crippen molar-refractivity contribution in [2.45, 2.75) is 39.5 Å². The summed E-state index contributed by atoms with van der Waals surface area (Å²) in [5.41, 5.74) is 0.597. The first kappa shape index (κ1) is 14.8. The molecular weight excluding hydrogens is 247 g/mol. The van der Waals surface area contributed by atoms with Gasteiger partial charge in [-0.15, -0.1) is 0 Å². The third-order valence-electron chi connectivity index (χ3n) is 2.31. The van der Waals surface area contributed by atoms with Crippen LogP contribution in [-0.2, 0) is 6.54 Å². The van der Waals surface area contributed by atoms with Crippen molar-refractivity contribution in [3.63, 3.8) is 0 Å². The number of rotatable bonds is 6. The second kappa shape index (κ2) is 6.08. The molecule has 4 nitrogen and oxygen atoms in total. The molecule has 0 aliphatic rings. The standard InChI is InChI=1S/C11H18F3N3O/c1-4-15-5-9-6-18-10(16-9)17(8(2)3)7-11(12,13)14/h6,8,15H,4-5,7H2,1-3H3. The van der Waals surface area contributed by atoms with Gasteiger partial charge in [0.15, 0.2) is 0 Å². The van der Waals surface area contributed by atoms with Crippen molar-refractivity contribution in [1.29, 1.82) is 0 Å². The highest BCUT2D eigenvalue weighted by atomic mass is 19.4. The van der Waals surface area contributed by atoms with Crippen LogP contribution in [0.2, 0.25) is 0 Å². The molecule has 0 atom stereocenters. The van der Waals surface area contributed by atoms with Gasteiger partial charge in [-0.2, -0.15) is 18.2 Å². The van der Waals surface area contributed by atoms with Crippen molar-refractivity contribution in [2.24, 2.45) is 0 Å². The number of anilines is 1. The van der Waals surface area contributed by atoms with Crippen LogP contribution in [0, 0.1) is 0 Å². The second-order valence-corrected chi connectivity index (χ2v) is 4.24. The van der Waals surface area contributed by atoms with Gasteiger partial charge < -0.3 is 14.6 Å². The van der Waals surface area contributed by atoms with E-state index in [2.05, 4.69) is 10.3 Å². The Morgan fingerprint density at radius 1 is 1.44 bits per heavy atom. The molecule has 0 aliphatic heterocycles. The predicted molar refractivity (Wildman–Crippen MR) is 62.4 cm³/mol. The molecule has 0 fully saturated rings. The van der Waals surface area contributed by atoms with Crippen LogP contribution in [0.5, 0.6) is 0 Å². The van der Waals surface area contributed by atoms with Crippen molar-refractivity contribution in [3.05, 3.63) is 12.0 Å². The monoisotopic (exact) mass is 265 g/mol.